The van der Waals surface area contributed by atoms with Gasteiger partial charge in [-0.2, -0.15) is 13.2 Å². The van der Waals surface area contributed by atoms with Crippen molar-refractivity contribution >= 4 is 33.5 Å². The molecule has 0 saturated carbocycles. The number of hydrogen-bond donors (Lipinski definition) is 3. The van der Waals surface area contributed by atoms with E-state index in [4.69, 9.17) is 5.73 Å². The van der Waals surface area contributed by atoms with Crippen molar-refractivity contribution < 1.29 is 26.4 Å². The van der Waals surface area contributed by atoms with Gasteiger partial charge in [0.2, 0.25) is 15.9 Å². The number of halogens is 3. The normalized spacial score (nSPS) is 12.7. The Morgan fingerprint density at radius 1 is 1.16 bits per heavy atom. The Bertz CT molecular complexity index is 1080. The first-order valence-electron chi connectivity index (χ1n) is 9.16. The molecule has 2 rings (SSSR count). The fourth-order valence-corrected chi connectivity index (χ4v) is 3.22. The van der Waals surface area contributed by atoms with Gasteiger partial charge in [0, 0.05) is 29.3 Å². The lowest BCUT2D eigenvalue weighted by Crippen LogP contribution is -2.18. The third kappa shape index (κ3) is 7.59. The molecule has 0 aliphatic heterocycles. The number of pyridine rings is 1. The molecule has 1 aromatic carbocycles. The van der Waals surface area contributed by atoms with Crippen LogP contribution in [-0.2, 0) is 27.4 Å². The summed E-state index contributed by atoms with van der Waals surface area (Å²) in [5, 5.41) is 2.85. The lowest BCUT2D eigenvalue weighted by atomic mass is 10.0. The van der Waals surface area contributed by atoms with Crippen molar-refractivity contribution in [2.45, 2.75) is 32.5 Å². The maximum Gasteiger partial charge on any atom is 0.433 e. The number of nitrogens with one attached hydrogen (secondary N) is 2. The van der Waals surface area contributed by atoms with Crippen LogP contribution in [0.2, 0.25) is 0 Å². The predicted molar refractivity (Wildman–Crippen MR) is 114 cm³/mol. The molecule has 0 unspecified atom stereocenters. The quantitative estimate of drug-likeness (QED) is 0.527. The van der Waals surface area contributed by atoms with Crippen LogP contribution in [-0.4, -0.2) is 31.6 Å². The van der Waals surface area contributed by atoms with Gasteiger partial charge in [0.1, 0.15) is 11.5 Å². The molecule has 31 heavy (non-hydrogen) atoms. The second kappa shape index (κ2) is 9.38. The second-order valence-electron chi connectivity index (χ2n) is 7.21. The molecule has 0 aliphatic carbocycles. The molecule has 168 valence electrons. The largest absolute Gasteiger partial charge is 0.433 e. The minimum Gasteiger partial charge on any atom is -0.367 e. The van der Waals surface area contributed by atoms with Crippen molar-refractivity contribution in [2.75, 3.05) is 16.3 Å². The fraction of sp³-hybridized carbons (Fsp3) is 0.300. The molecule has 7 nitrogen and oxygen atoms in total. The van der Waals surface area contributed by atoms with E-state index in [1.165, 1.54) is 24.3 Å². The summed E-state index contributed by atoms with van der Waals surface area (Å²) in [5.74, 6) is -0.759. The van der Waals surface area contributed by atoms with E-state index in [1.807, 2.05) is 0 Å². The van der Waals surface area contributed by atoms with Crippen LogP contribution in [0.15, 0.2) is 42.0 Å². The van der Waals surface area contributed by atoms with Crippen molar-refractivity contribution in [1.82, 2.24) is 4.98 Å². The second-order valence-corrected chi connectivity index (χ2v) is 8.96. The molecule has 2 aromatic rings. The average Bonchev–Trinajstić information content (AvgIpc) is 2.61. The highest BCUT2D eigenvalue weighted by atomic mass is 32.2. The van der Waals surface area contributed by atoms with Gasteiger partial charge in [-0.05, 0) is 49.8 Å². The Hall–Kier alpha value is -3.08. The number of sulfonamides is 1. The number of aromatic nitrogens is 1. The predicted octanol–water partition coefficient (Wildman–Crippen LogP) is 3.40. The summed E-state index contributed by atoms with van der Waals surface area (Å²) in [4.78, 5) is 15.6. The number of amides is 1. The summed E-state index contributed by atoms with van der Waals surface area (Å²) in [6, 6.07) is 8.14. The molecule has 0 atom stereocenters. The van der Waals surface area contributed by atoms with Gasteiger partial charge in [-0.25, -0.2) is 13.4 Å². The molecule has 1 heterocycles. The fourth-order valence-electron chi connectivity index (χ4n) is 2.65. The van der Waals surface area contributed by atoms with Gasteiger partial charge in [0.15, 0.2) is 0 Å². The summed E-state index contributed by atoms with van der Waals surface area (Å²) in [6.07, 6.45) is -2.10. The van der Waals surface area contributed by atoms with Gasteiger partial charge in [-0.15, -0.1) is 0 Å². The van der Waals surface area contributed by atoms with Crippen LogP contribution in [0.1, 0.15) is 30.7 Å². The van der Waals surface area contributed by atoms with Gasteiger partial charge in [0.25, 0.3) is 0 Å². The number of carbonyl (C=O) groups excluding carboxylic acids is 1. The molecule has 4 N–H and O–H groups in total. The first-order valence-corrected chi connectivity index (χ1v) is 11.1. The molecule has 0 aliphatic rings. The molecule has 11 heteroatoms. The molecular formula is C20H23F3N4O3S. The Kier molecular flexibility index (Phi) is 7.32. The molecule has 0 saturated heterocycles. The zero-order valence-corrected chi connectivity index (χ0v) is 17.9. The maximum absolute atomic E-state index is 13.0. The summed E-state index contributed by atoms with van der Waals surface area (Å²) in [7, 11) is -3.43. The van der Waals surface area contributed by atoms with E-state index in [2.05, 4.69) is 15.0 Å². The lowest BCUT2D eigenvalue weighted by Gasteiger charge is -2.15. The molecular weight excluding hydrogens is 433 g/mol. The number of primary amides is 1. The molecule has 1 amide bonds. The maximum atomic E-state index is 13.0. The highest BCUT2D eigenvalue weighted by Gasteiger charge is 2.33. The molecule has 0 bridgehead atoms. The number of benzene rings is 1. The first-order chi connectivity index (χ1) is 14.2. The van der Waals surface area contributed by atoms with Crippen molar-refractivity contribution in [1.29, 1.82) is 0 Å². The van der Waals surface area contributed by atoms with Crippen LogP contribution in [0.3, 0.4) is 0 Å². The van der Waals surface area contributed by atoms with Crippen LogP contribution in [0.4, 0.5) is 24.7 Å². The Morgan fingerprint density at radius 3 is 2.26 bits per heavy atom. The number of nitrogens with two attached hydrogens (primary N) is 1. The van der Waals surface area contributed by atoms with Crippen molar-refractivity contribution in [2.24, 2.45) is 5.73 Å². The number of rotatable bonds is 8. The summed E-state index contributed by atoms with van der Waals surface area (Å²) in [6.45, 7) is 3.49. The van der Waals surface area contributed by atoms with Gasteiger partial charge in [0.05, 0.1) is 6.26 Å². The smallest absolute Gasteiger partial charge is 0.367 e. The van der Waals surface area contributed by atoms with Crippen molar-refractivity contribution in [3.8, 4) is 0 Å². The third-order valence-electron chi connectivity index (χ3n) is 3.94. The lowest BCUT2D eigenvalue weighted by molar-refractivity contribution is -0.141. The third-order valence-corrected chi connectivity index (χ3v) is 4.55. The summed E-state index contributed by atoms with van der Waals surface area (Å²) >= 11 is 0. The van der Waals surface area contributed by atoms with E-state index in [9.17, 15) is 26.4 Å². The Labute approximate surface area is 178 Å². The molecule has 0 spiro atoms. The molecule has 0 radical (unpaired) electrons. The Morgan fingerprint density at radius 2 is 1.77 bits per heavy atom. The molecule has 0 fully saturated rings. The minimum atomic E-state index is -4.61. The number of nitrogens with zero attached hydrogens (tertiary/aromatic N) is 1. The van der Waals surface area contributed by atoms with E-state index in [0.717, 1.165) is 12.3 Å². The topological polar surface area (TPSA) is 114 Å². The number of hydrogen-bond acceptors (Lipinski definition) is 5. The SMILES string of the molecule is CC(C)Nc1nc(C(F)(F)F)ccc1C=C(Cc1ccc(NS(C)(=O)=O)cc1)C(N)=O. The highest BCUT2D eigenvalue weighted by molar-refractivity contribution is 7.92. The van der Waals surface area contributed by atoms with E-state index >= 15 is 0 Å². The van der Waals surface area contributed by atoms with E-state index in [1.54, 1.807) is 26.0 Å². The van der Waals surface area contributed by atoms with Crippen LogP contribution >= 0.6 is 0 Å². The summed E-state index contributed by atoms with van der Waals surface area (Å²) < 4.78 is 64.0. The van der Waals surface area contributed by atoms with Gasteiger partial charge in [-0.1, -0.05) is 12.1 Å². The highest BCUT2D eigenvalue weighted by Crippen LogP contribution is 2.30. The summed E-state index contributed by atoms with van der Waals surface area (Å²) in [5.41, 5.74) is 5.86. The van der Waals surface area contributed by atoms with Gasteiger partial charge >= 0.3 is 6.18 Å². The minimum absolute atomic E-state index is 0.0173. The van der Waals surface area contributed by atoms with Crippen LogP contribution in [0.5, 0.6) is 0 Å². The zero-order chi connectivity index (χ0) is 23.4. The van der Waals surface area contributed by atoms with Crippen LogP contribution in [0, 0.1) is 0 Å². The molecule has 1 aromatic heterocycles. The Balaban J connectivity index is 2.38. The van der Waals surface area contributed by atoms with Gasteiger partial charge in [-0.3, -0.25) is 9.52 Å². The number of anilines is 2. The van der Waals surface area contributed by atoms with Crippen molar-refractivity contribution in [3.05, 3.63) is 58.8 Å². The first kappa shape index (κ1) is 24.2. The number of carbonyl (C=O) groups is 1. The zero-order valence-electron chi connectivity index (χ0n) is 17.1. The van der Waals surface area contributed by atoms with Crippen LogP contribution < -0.4 is 15.8 Å². The standard InChI is InChI=1S/C20H23F3N4O3S/c1-12(2)25-19-14(6-9-17(26-19)20(21,22)23)11-15(18(24)28)10-13-4-7-16(8-5-13)27-31(3,29)30/h4-9,11-12,27H,10H2,1-3H3,(H2,24,28)(H,25,26). The monoisotopic (exact) mass is 456 g/mol. The van der Waals surface area contributed by atoms with Crippen LogP contribution in [0.25, 0.3) is 6.08 Å². The number of alkyl halides is 3. The van der Waals surface area contributed by atoms with Gasteiger partial charge < -0.3 is 11.1 Å². The van der Waals surface area contributed by atoms with E-state index in [0.29, 0.717) is 11.3 Å². The van der Waals surface area contributed by atoms with Crippen molar-refractivity contribution in [3.63, 3.8) is 0 Å². The van der Waals surface area contributed by atoms with E-state index in [-0.39, 0.29) is 29.4 Å². The van der Waals surface area contributed by atoms with E-state index < -0.39 is 27.8 Å². The average molecular weight is 456 g/mol.